The standard InChI is InChI=1S/C17H22O4S/c1-3-16(18)20-13-7-5-4-6-8-17(19)21-14-9-11-15(22-2)12-10-14/h3,9-12H,1,4-8,13H2,2H3. The highest BCUT2D eigenvalue weighted by Crippen LogP contribution is 2.19. The van der Waals surface area contributed by atoms with Gasteiger partial charge < -0.3 is 9.47 Å². The van der Waals surface area contributed by atoms with Crippen LogP contribution in [-0.4, -0.2) is 24.8 Å². The smallest absolute Gasteiger partial charge is 0.330 e. The van der Waals surface area contributed by atoms with Crippen LogP contribution in [0.1, 0.15) is 32.1 Å². The normalized spacial score (nSPS) is 10.0. The van der Waals surface area contributed by atoms with E-state index in [0.717, 1.165) is 36.7 Å². The lowest BCUT2D eigenvalue weighted by molar-refractivity contribution is -0.137. The third-order valence-corrected chi connectivity index (χ3v) is 3.72. The van der Waals surface area contributed by atoms with Crippen molar-refractivity contribution in [1.82, 2.24) is 0 Å². The van der Waals surface area contributed by atoms with Gasteiger partial charge in [-0.05, 0) is 43.4 Å². The third kappa shape index (κ3) is 7.88. The molecular weight excluding hydrogens is 300 g/mol. The van der Waals surface area contributed by atoms with Gasteiger partial charge in [0.05, 0.1) is 6.61 Å². The van der Waals surface area contributed by atoms with Gasteiger partial charge in [-0.15, -0.1) is 11.8 Å². The molecule has 4 nitrogen and oxygen atoms in total. The lowest BCUT2D eigenvalue weighted by Crippen LogP contribution is -2.07. The molecule has 0 unspecified atom stereocenters. The molecule has 0 aliphatic carbocycles. The number of thioether (sulfide) groups is 1. The Balaban J connectivity index is 2.08. The van der Waals surface area contributed by atoms with Gasteiger partial charge in [-0.2, -0.15) is 0 Å². The molecule has 5 heteroatoms. The average molecular weight is 322 g/mol. The van der Waals surface area contributed by atoms with Crippen LogP contribution in [-0.2, 0) is 14.3 Å². The van der Waals surface area contributed by atoms with Crippen LogP contribution >= 0.6 is 11.8 Å². The second-order valence-electron chi connectivity index (χ2n) is 4.69. The summed E-state index contributed by atoms with van der Waals surface area (Å²) in [4.78, 5) is 23.6. The van der Waals surface area contributed by atoms with E-state index in [-0.39, 0.29) is 5.97 Å². The summed E-state index contributed by atoms with van der Waals surface area (Å²) in [5.41, 5.74) is 0. The maximum absolute atomic E-state index is 11.7. The molecule has 0 atom stereocenters. The van der Waals surface area contributed by atoms with Crippen molar-refractivity contribution in [2.24, 2.45) is 0 Å². The Hall–Kier alpha value is -1.75. The maximum Gasteiger partial charge on any atom is 0.330 e. The number of hydrogen-bond donors (Lipinski definition) is 0. The Labute approximate surface area is 135 Å². The summed E-state index contributed by atoms with van der Waals surface area (Å²) in [5.74, 6) is -0.0230. The monoisotopic (exact) mass is 322 g/mol. The number of carbonyl (C=O) groups excluding carboxylic acids is 2. The largest absolute Gasteiger partial charge is 0.463 e. The van der Waals surface area contributed by atoms with Crippen LogP contribution in [0.2, 0.25) is 0 Å². The van der Waals surface area contributed by atoms with Crippen molar-refractivity contribution in [3.05, 3.63) is 36.9 Å². The number of unbranched alkanes of at least 4 members (excludes halogenated alkanes) is 3. The van der Waals surface area contributed by atoms with Crippen molar-refractivity contribution in [1.29, 1.82) is 0 Å². The molecule has 0 radical (unpaired) electrons. The molecule has 1 aromatic rings. The van der Waals surface area contributed by atoms with Crippen molar-refractivity contribution in [2.75, 3.05) is 12.9 Å². The fourth-order valence-corrected chi connectivity index (χ4v) is 2.19. The van der Waals surface area contributed by atoms with E-state index >= 15 is 0 Å². The van der Waals surface area contributed by atoms with E-state index in [2.05, 4.69) is 6.58 Å². The molecule has 0 aliphatic rings. The molecule has 0 bridgehead atoms. The molecule has 0 saturated carbocycles. The fourth-order valence-electron chi connectivity index (χ4n) is 1.78. The van der Waals surface area contributed by atoms with Gasteiger partial charge in [0.25, 0.3) is 0 Å². The van der Waals surface area contributed by atoms with Crippen molar-refractivity contribution >= 4 is 23.7 Å². The van der Waals surface area contributed by atoms with Crippen LogP contribution in [0.5, 0.6) is 5.75 Å². The first-order valence-corrected chi connectivity index (χ1v) is 8.52. The first-order valence-electron chi connectivity index (χ1n) is 7.29. The summed E-state index contributed by atoms with van der Waals surface area (Å²) in [6, 6.07) is 7.46. The van der Waals surface area contributed by atoms with Crippen LogP contribution in [0.25, 0.3) is 0 Å². The molecule has 0 saturated heterocycles. The first kappa shape index (κ1) is 18.3. The van der Waals surface area contributed by atoms with E-state index in [4.69, 9.17) is 9.47 Å². The summed E-state index contributed by atoms with van der Waals surface area (Å²) in [6.45, 7) is 3.73. The van der Waals surface area contributed by atoms with Crippen LogP contribution < -0.4 is 4.74 Å². The van der Waals surface area contributed by atoms with Gasteiger partial charge in [0.1, 0.15) is 5.75 Å². The van der Waals surface area contributed by atoms with Crippen LogP contribution in [0.4, 0.5) is 0 Å². The molecule has 0 amide bonds. The zero-order chi connectivity index (χ0) is 16.2. The minimum Gasteiger partial charge on any atom is -0.463 e. The number of hydrogen-bond acceptors (Lipinski definition) is 5. The summed E-state index contributed by atoms with van der Waals surface area (Å²) in [6.07, 6.45) is 6.95. The summed E-state index contributed by atoms with van der Waals surface area (Å²) < 4.78 is 10.1. The number of rotatable bonds is 10. The summed E-state index contributed by atoms with van der Waals surface area (Å²) >= 11 is 1.65. The molecule has 1 rings (SSSR count). The molecule has 0 heterocycles. The van der Waals surface area contributed by atoms with Gasteiger partial charge in [-0.25, -0.2) is 4.79 Å². The highest BCUT2D eigenvalue weighted by Gasteiger charge is 2.05. The lowest BCUT2D eigenvalue weighted by atomic mass is 10.1. The van der Waals surface area contributed by atoms with E-state index in [9.17, 15) is 9.59 Å². The molecule has 1 aromatic carbocycles. The SMILES string of the molecule is C=CC(=O)OCCCCCCC(=O)Oc1ccc(SC)cc1. The Morgan fingerprint density at radius 3 is 2.45 bits per heavy atom. The highest BCUT2D eigenvalue weighted by atomic mass is 32.2. The average Bonchev–Trinajstić information content (AvgIpc) is 2.54. The van der Waals surface area contributed by atoms with Gasteiger partial charge in [-0.3, -0.25) is 4.79 Å². The van der Waals surface area contributed by atoms with E-state index in [1.54, 1.807) is 23.9 Å². The summed E-state index contributed by atoms with van der Waals surface area (Å²) in [7, 11) is 0. The minimum atomic E-state index is -0.393. The molecule has 0 spiro atoms. The number of benzene rings is 1. The Morgan fingerprint density at radius 1 is 1.14 bits per heavy atom. The molecule has 0 aliphatic heterocycles. The fraction of sp³-hybridized carbons (Fsp3) is 0.412. The van der Waals surface area contributed by atoms with Crippen molar-refractivity contribution < 1.29 is 19.1 Å². The second-order valence-corrected chi connectivity index (χ2v) is 5.57. The van der Waals surface area contributed by atoms with E-state index in [1.807, 2.05) is 18.4 Å². The Morgan fingerprint density at radius 2 is 1.82 bits per heavy atom. The van der Waals surface area contributed by atoms with Crippen LogP contribution in [0, 0.1) is 0 Å². The number of carbonyl (C=O) groups is 2. The van der Waals surface area contributed by atoms with E-state index in [1.165, 1.54) is 0 Å². The molecule has 22 heavy (non-hydrogen) atoms. The van der Waals surface area contributed by atoms with Gasteiger partial charge in [0, 0.05) is 17.4 Å². The van der Waals surface area contributed by atoms with Crippen molar-refractivity contribution in [3.63, 3.8) is 0 Å². The highest BCUT2D eigenvalue weighted by molar-refractivity contribution is 7.98. The Bertz CT molecular complexity index is 482. The van der Waals surface area contributed by atoms with E-state index < -0.39 is 5.97 Å². The minimum absolute atomic E-state index is 0.213. The van der Waals surface area contributed by atoms with Crippen molar-refractivity contribution in [2.45, 2.75) is 37.0 Å². The quantitative estimate of drug-likeness (QED) is 0.214. The predicted molar refractivity (Wildman–Crippen MR) is 88.1 cm³/mol. The third-order valence-electron chi connectivity index (χ3n) is 2.98. The molecule has 0 aromatic heterocycles. The molecular formula is C17H22O4S. The second kappa shape index (κ2) is 10.9. The van der Waals surface area contributed by atoms with Crippen LogP contribution in [0.15, 0.2) is 41.8 Å². The number of ether oxygens (including phenoxy) is 2. The zero-order valence-corrected chi connectivity index (χ0v) is 13.7. The zero-order valence-electron chi connectivity index (χ0n) is 12.9. The van der Waals surface area contributed by atoms with Gasteiger partial charge in [0.2, 0.25) is 0 Å². The van der Waals surface area contributed by atoms with Gasteiger partial charge in [-0.1, -0.05) is 19.4 Å². The topological polar surface area (TPSA) is 52.6 Å². The number of esters is 2. The lowest BCUT2D eigenvalue weighted by Gasteiger charge is -2.05. The molecule has 120 valence electrons. The molecule has 0 fully saturated rings. The Kier molecular flexibility index (Phi) is 9.07. The molecule has 0 N–H and O–H groups in total. The van der Waals surface area contributed by atoms with Crippen LogP contribution in [0.3, 0.4) is 0 Å². The summed E-state index contributed by atoms with van der Waals surface area (Å²) in [5, 5.41) is 0. The predicted octanol–water partition coefficient (Wildman–Crippen LogP) is 3.99. The maximum atomic E-state index is 11.7. The van der Waals surface area contributed by atoms with Gasteiger partial charge >= 0.3 is 11.9 Å². The first-order chi connectivity index (χ1) is 10.7. The van der Waals surface area contributed by atoms with Crippen molar-refractivity contribution in [3.8, 4) is 5.75 Å². The van der Waals surface area contributed by atoms with Gasteiger partial charge in [0.15, 0.2) is 0 Å². The van der Waals surface area contributed by atoms with E-state index in [0.29, 0.717) is 18.8 Å².